The van der Waals surface area contributed by atoms with E-state index in [-0.39, 0.29) is 18.6 Å². The molecule has 6 rings (SSSR count). The highest BCUT2D eigenvalue weighted by molar-refractivity contribution is 9.10. The van der Waals surface area contributed by atoms with Crippen LogP contribution in [-0.4, -0.2) is 59.5 Å². The number of aliphatic hydroxyl groups is 1. The van der Waals surface area contributed by atoms with Crippen LogP contribution in [0.1, 0.15) is 36.8 Å². The van der Waals surface area contributed by atoms with Crippen LogP contribution in [0.2, 0.25) is 0 Å². The zero-order valence-corrected chi connectivity index (χ0v) is 24.5. The molecule has 0 aliphatic carbocycles. The first-order valence-corrected chi connectivity index (χ1v) is 14.9. The maximum Gasteiger partial charge on any atom is 0.411 e. The lowest BCUT2D eigenvalue weighted by Crippen LogP contribution is -2.48. The molecular weight excluding hydrogens is 586 g/mol. The number of piperidine rings is 1. The molecular formula is C32H34BrN3O5. The molecule has 214 valence electrons. The Bertz CT molecular complexity index is 1420. The van der Waals surface area contributed by atoms with Gasteiger partial charge in [-0.3, -0.25) is 15.0 Å². The number of benzene rings is 3. The van der Waals surface area contributed by atoms with E-state index in [1.165, 1.54) is 0 Å². The summed E-state index contributed by atoms with van der Waals surface area (Å²) in [7, 11) is 2.14. The number of anilines is 2. The standard InChI is InChI=1S/C32H34BrN3O5/c1-36-27-16-22(17-28(36)31-30(27)41-31)40-32(39)35-25-12-10-19(14-23(25)21-7-3-2-4-8-21)6-5-9-29(38)34-26-13-11-20(18-37)15-24(26)33/h2-4,7-8,10-15,22,27-28,30-31,37H,5-6,9,16-18H2,1H3,(H,34,38)(H,35,39). The smallest absolute Gasteiger partial charge is 0.411 e. The largest absolute Gasteiger partial charge is 0.446 e. The minimum atomic E-state index is -0.437. The summed E-state index contributed by atoms with van der Waals surface area (Å²) >= 11 is 3.45. The lowest BCUT2D eigenvalue weighted by atomic mass is 9.98. The summed E-state index contributed by atoms with van der Waals surface area (Å²) < 4.78 is 12.4. The Balaban J connectivity index is 1.07. The molecule has 9 heteroatoms. The van der Waals surface area contributed by atoms with E-state index >= 15 is 0 Å². The average molecular weight is 621 g/mol. The SMILES string of the molecule is CN1C2CC(OC(=O)Nc3ccc(CCCC(=O)Nc4ccc(CO)cc4Br)cc3-c3ccccc3)CC1C1OC12. The van der Waals surface area contributed by atoms with Crippen molar-refractivity contribution in [2.24, 2.45) is 0 Å². The maximum atomic E-state index is 13.0. The first kappa shape index (κ1) is 27.9. The van der Waals surface area contributed by atoms with Crippen LogP contribution in [0.4, 0.5) is 16.2 Å². The molecule has 3 saturated heterocycles. The van der Waals surface area contributed by atoms with Gasteiger partial charge >= 0.3 is 6.09 Å². The molecule has 3 aromatic carbocycles. The Morgan fingerprint density at radius 1 is 0.976 bits per heavy atom. The summed E-state index contributed by atoms with van der Waals surface area (Å²) in [5.74, 6) is -0.0713. The van der Waals surface area contributed by atoms with Crippen LogP contribution in [0.5, 0.6) is 0 Å². The van der Waals surface area contributed by atoms with E-state index in [9.17, 15) is 14.7 Å². The zero-order chi connectivity index (χ0) is 28.5. The van der Waals surface area contributed by atoms with Gasteiger partial charge in [0.05, 0.1) is 18.0 Å². The Morgan fingerprint density at radius 2 is 1.68 bits per heavy atom. The molecule has 2 amide bonds. The van der Waals surface area contributed by atoms with E-state index in [0.29, 0.717) is 54.9 Å². The van der Waals surface area contributed by atoms with Gasteiger partial charge in [0.1, 0.15) is 18.3 Å². The first-order valence-electron chi connectivity index (χ1n) is 14.1. The van der Waals surface area contributed by atoms with Gasteiger partial charge in [-0.1, -0.05) is 42.5 Å². The Hall–Kier alpha value is -3.24. The van der Waals surface area contributed by atoms with Crippen molar-refractivity contribution in [3.8, 4) is 11.1 Å². The van der Waals surface area contributed by atoms with Crippen LogP contribution in [0.3, 0.4) is 0 Å². The van der Waals surface area contributed by atoms with Crippen molar-refractivity contribution in [1.29, 1.82) is 0 Å². The lowest BCUT2D eigenvalue weighted by molar-refractivity contribution is -0.116. The number of carbonyl (C=O) groups is 2. The normalized spacial score (nSPS) is 24.4. The van der Waals surface area contributed by atoms with Gasteiger partial charge in [-0.25, -0.2) is 4.79 Å². The summed E-state index contributed by atoms with van der Waals surface area (Å²) in [5.41, 5.74) is 5.13. The number of aryl methyl sites for hydroxylation is 1. The average Bonchev–Trinajstić information content (AvgIpc) is 3.74. The van der Waals surface area contributed by atoms with E-state index in [1.54, 1.807) is 18.2 Å². The topological polar surface area (TPSA) is 103 Å². The number of morpholine rings is 1. The third-order valence-corrected chi connectivity index (χ3v) is 9.07. The molecule has 8 nitrogen and oxygen atoms in total. The van der Waals surface area contributed by atoms with Crippen LogP contribution < -0.4 is 10.6 Å². The van der Waals surface area contributed by atoms with E-state index in [2.05, 4.69) is 44.6 Å². The van der Waals surface area contributed by atoms with E-state index in [1.807, 2.05) is 42.5 Å². The minimum absolute atomic E-state index is 0.0525. The molecule has 0 aromatic heterocycles. The number of nitrogens with zero attached hydrogens (tertiary/aromatic N) is 1. The summed E-state index contributed by atoms with van der Waals surface area (Å²) in [4.78, 5) is 27.9. The van der Waals surface area contributed by atoms with Gasteiger partial charge in [-0.05, 0) is 76.8 Å². The number of epoxide rings is 1. The highest BCUT2D eigenvalue weighted by Gasteiger charge is 2.62. The summed E-state index contributed by atoms with van der Waals surface area (Å²) in [6.07, 6.45) is 3.39. The highest BCUT2D eigenvalue weighted by Crippen LogP contribution is 2.48. The number of aliphatic hydroxyl groups excluding tert-OH is 1. The first-order chi connectivity index (χ1) is 19.9. The van der Waals surface area contributed by atoms with Crippen molar-refractivity contribution < 1.29 is 24.2 Å². The van der Waals surface area contributed by atoms with E-state index < -0.39 is 6.09 Å². The highest BCUT2D eigenvalue weighted by atomic mass is 79.9. The monoisotopic (exact) mass is 619 g/mol. The molecule has 3 aliphatic rings. The van der Waals surface area contributed by atoms with Gasteiger partial charge < -0.3 is 19.9 Å². The fourth-order valence-corrected chi connectivity index (χ4v) is 6.75. The summed E-state index contributed by atoms with van der Waals surface area (Å²) in [5, 5.41) is 15.2. The number of halogens is 1. The second-order valence-electron chi connectivity index (χ2n) is 11.1. The van der Waals surface area contributed by atoms with Crippen molar-refractivity contribution >= 4 is 39.3 Å². The molecule has 0 saturated carbocycles. The number of ether oxygens (including phenoxy) is 2. The zero-order valence-electron chi connectivity index (χ0n) is 22.9. The third-order valence-electron chi connectivity index (χ3n) is 8.41. The minimum Gasteiger partial charge on any atom is -0.446 e. The predicted octanol–water partition coefficient (Wildman–Crippen LogP) is 5.73. The molecule has 2 bridgehead atoms. The lowest BCUT2D eigenvalue weighted by Gasteiger charge is -2.37. The number of hydrogen-bond acceptors (Lipinski definition) is 6. The van der Waals surface area contributed by atoms with E-state index in [0.717, 1.165) is 39.6 Å². The molecule has 0 spiro atoms. The molecule has 3 aromatic rings. The van der Waals surface area contributed by atoms with Crippen molar-refractivity contribution in [3.05, 3.63) is 82.3 Å². The Morgan fingerprint density at radius 3 is 2.39 bits per heavy atom. The quantitative estimate of drug-likeness (QED) is 0.264. The van der Waals surface area contributed by atoms with Gasteiger partial charge in [0.25, 0.3) is 0 Å². The molecule has 3 fully saturated rings. The van der Waals surface area contributed by atoms with Gasteiger partial charge in [0.15, 0.2) is 0 Å². The van der Waals surface area contributed by atoms with Crippen molar-refractivity contribution in [1.82, 2.24) is 4.90 Å². The molecule has 4 unspecified atom stereocenters. The summed E-state index contributed by atoms with van der Waals surface area (Å²) in [6.45, 7) is -0.0525. The Labute approximate surface area is 248 Å². The summed E-state index contributed by atoms with van der Waals surface area (Å²) in [6, 6.07) is 21.9. The number of rotatable bonds is 9. The van der Waals surface area contributed by atoms with Crippen LogP contribution >= 0.6 is 15.9 Å². The van der Waals surface area contributed by atoms with Crippen LogP contribution in [0, 0.1) is 0 Å². The van der Waals surface area contributed by atoms with Gasteiger partial charge in [-0.15, -0.1) is 0 Å². The number of carbonyl (C=O) groups excluding carboxylic acids is 2. The number of likely N-dealkylation sites (N-methyl/N-ethyl adjacent to an activating group) is 1. The van der Waals surface area contributed by atoms with Crippen LogP contribution in [0.15, 0.2) is 71.2 Å². The number of hydrogen-bond donors (Lipinski definition) is 3. The predicted molar refractivity (Wildman–Crippen MR) is 161 cm³/mol. The van der Waals surface area contributed by atoms with Crippen molar-refractivity contribution in [3.63, 3.8) is 0 Å². The van der Waals surface area contributed by atoms with Crippen molar-refractivity contribution in [2.75, 3.05) is 17.7 Å². The number of amides is 2. The fourth-order valence-electron chi connectivity index (χ4n) is 6.22. The van der Waals surface area contributed by atoms with Gasteiger partial charge in [0.2, 0.25) is 5.91 Å². The van der Waals surface area contributed by atoms with Gasteiger partial charge in [-0.2, -0.15) is 0 Å². The fraction of sp³-hybridized carbons (Fsp3) is 0.375. The molecule has 0 radical (unpaired) electrons. The molecule has 3 aliphatic heterocycles. The molecule has 3 N–H and O–H groups in total. The van der Waals surface area contributed by atoms with Crippen LogP contribution in [-0.2, 0) is 27.3 Å². The third kappa shape index (κ3) is 6.18. The Kier molecular flexibility index (Phi) is 8.12. The second kappa shape index (κ2) is 11.9. The number of fused-ring (bicyclic) bond motifs is 5. The second-order valence-corrected chi connectivity index (χ2v) is 12.0. The molecule has 4 atom stereocenters. The number of nitrogens with one attached hydrogen (secondary N) is 2. The van der Waals surface area contributed by atoms with Crippen molar-refractivity contribution in [2.45, 2.75) is 69.1 Å². The van der Waals surface area contributed by atoms with Gasteiger partial charge in [0, 0.05) is 41.4 Å². The molecule has 3 heterocycles. The van der Waals surface area contributed by atoms with E-state index in [4.69, 9.17) is 9.47 Å². The molecule has 41 heavy (non-hydrogen) atoms. The maximum absolute atomic E-state index is 13.0. The van der Waals surface area contributed by atoms with Crippen LogP contribution in [0.25, 0.3) is 11.1 Å².